The molecule has 0 aliphatic heterocycles. The van der Waals surface area contributed by atoms with Crippen LogP contribution in [0.3, 0.4) is 0 Å². The highest BCUT2D eigenvalue weighted by Gasteiger charge is 2.22. The van der Waals surface area contributed by atoms with Crippen molar-refractivity contribution in [3.63, 3.8) is 0 Å². The second-order valence-electron chi connectivity index (χ2n) is 4.59. The van der Waals surface area contributed by atoms with Crippen molar-refractivity contribution in [1.29, 1.82) is 0 Å². The Labute approximate surface area is 124 Å². The maximum Gasteiger partial charge on any atom is 0.241 e. The van der Waals surface area contributed by atoms with E-state index in [-0.39, 0.29) is 17.0 Å². The van der Waals surface area contributed by atoms with Gasteiger partial charge in [-0.15, -0.1) is 0 Å². The van der Waals surface area contributed by atoms with Gasteiger partial charge in [0.25, 0.3) is 0 Å². The van der Waals surface area contributed by atoms with Crippen LogP contribution in [0, 0.1) is 5.82 Å². The van der Waals surface area contributed by atoms with Crippen LogP contribution in [0.1, 0.15) is 25.8 Å². The Bertz CT molecular complexity index is 605. The highest BCUT2D eigenvalue weighted by Crippen LogP contribution is 2.15. The van der Waals surface area contributed by atoms with Gasteiger partial charge in [-0.1, -0.05) is 6.92 Å². The summed E-state index contributed by atoms with van der Waals surface area (Å²) in [5.74, 6) is -0.980. The van der Waals surface area contributed by atoms with E-state index in [0.29, 0.717) is 6.54 Å². The van der Waals surface area contributed by atoms with Crippen molar-refractivity contribution in [3.8, 4) is 0 Å². The van der Waals surface area contributed by atoms with E-state index in [4.69, 9.17) is 5.73 Å². The van der Waals surface area contributed by atoms with Gasteiger partial charge in [0.2, 0.25) is 15.9 Å². The number of sulfonamides is 1. The molecule has 0 fully saturated rings. The predicted octanol–water partition coefficient (Wildman–Crippen LogP) is 0.477. The summed E-state index contributed by atoms with van der Waals surface area (Å²) in [5, 5.41) is 2.59. The molecule has 0 aromatic heterocycles. The Morgan fingerprint density at radius 1 is 1.43 bits per heavy atom. The lowest BCUT2D eigenvalue weighted by Crippen LogP contribution is -2.44. The van der Waals surface area contributed by atoms with Crippen LogP contribution in [0.4, 0.5) is 4.39 Å². The highest BCUT2D eigenvalue weighted by molar-refractivity contribution is 7.89. The number of halogens is 1. The van der Waals surface area contributed by atoms with E-state index in [1.165, 1.54) is 6.92 Å². The van der Waals surface area contributed by atoms with E-state index in [1.54, 1.807) is 0 Å². The first kappa shape index (κ1) is 17.5. The number of hydrogen-bond acceptors (Lipinski definition) is 4. The number of benzene rings is 1. The van der Waals surface area contributed by atoms with Gasteiger partial charge in [0.15, 0.2) is 0 Å². The van der Waals surface area contributed by atoms with Gasteiger partial charge < -0.3 is 11.1 Å². The molecule has 1 aromatic carbocycles. The lowest BCUT2D eigenvalue weighted by Gasteiger charge is -2.14. The summed E-state index contributed by atoms with van der Waals surface area (Å²) in [7, 11) is -3.91. The van der Waals surface area contributed by atoms with Crippen molar-refractivity contribution >= 4 is 15.9 Å². The molecule has 1 aromatic rings. The molecule has 8 heteroatoms. The molecule has 1 rings (SSSR count). The molecule has 0 spiro atoms. The fourth-order valence-corrected chi connectivity index (χ4v) is 2.88. The van der Waals surface area contributed by atoms with E-state index in [0.717, 1.165) is 24.6 Å². The predicted molar refractivity (Wildman–Crippen MR) is 77.4 cm³/mol. The number of hydrogen-bond donors (Lipinski definition) is 3. The first-order valence-electron chi connectivity index (χ1n) is 6.60. The standard InChI is InChI=1S/C13H20FN3O3S/c1-3-6-16-13(18)9(2)17-21(19,20)11-4-5-12(14)10(7-11)8-15/h4-5,7,9,17H,3,6,8,15H2,1-2H3,(H,16,18). The molecule has 0 bridgehead atoms. The van der Waals surface area contributed by atoms with E-state index in [2.05, 4.69) is 10.0 Å². The monoisotopic (exact) mass is 317 g/mol. The maximum absolute atomic E-state index is 13.3. The second-order valence-corrected chi connectivity index (χ2v) is 6.31. The smallest absolute Gasteiger partial charge is 0.241 e. The van der Waals surface area contributed by atoms with Crippen molar-refractivity contribution in [3.05, 3.63) is 29.6 Å². The van der Waals surface area contributed by atoms with Gasteiger partial charge >= 0.3 is 0 Å². The molecule has 0 saturated carbocycles. The van der Waals surface area contributed by atoms with Crippen LogP contribution in [0.15, 0.2) is 23.1 Å². The van der Waals surface area contributed by atoms with E-state index < -0.39 is 27.8 Å². The van der Waals surface area contributed by atoms with Crippen LogP contribution in [-0.2, 0) is 21.4 Å². The summed E-state index contributed by atoms with van der Waals surface area (Å²) in [4.78, 5) is 11.5. The fourth-order valence-electron chi connectivity index (χ4n) is 1.63. The molecule has 1 unspecified atom stereocenters. The zero-order valence-electron chi connectivity index (χ0n) is 12.0. The summed E-state index contributed by atoms with van der Waals surface area (Å²) in [6, 6.07) is 2.41. The molecular formula is C13H20FN3O3S. The third-order valence-electron chi connectivity index (χ3n) is 2.82. The third-order valence-corrected chi connectivity index (χ3v) is 4.36. The lowest BCUT2D eigenvalue weighted by molar-refractivity contribution is -0.122. The van der Waals surface area contributed by atoms with Crippen LogP contribution in [0.2, 0.25) is 0 Å². The number of nitrogens with two attached hydrogens (primary N) is 1. The van der Waals surface area contributed by atoms with Crippen molar-refractivity contribution in [2.24, 2.45) is 5.73 Å². The van der Waals surface area contributed by atoms with Gasteiger partial charge in [0, 0.05) is 18.7 Å². The summed E-state index contributed by atoms with van der Waals surface area (Å²) >= 11 is 0. The number of rotatable bonds is 7. The molecule has 0 radical (unpaired) electrons. The normalized spacial score (nSPS) is 13.0. The average Bonchev–Trinajstić information content (AvgIpc) is 2.44. The molecule has 0 aliphatic rings. The molecular weight excluding hydrogens is 297 g/mol. The minimum Gasteiger partial charge on any atom is -0.355 e. The number of nitrogens with one attached hydrogen (secondary N) is 2. The van der Waals surface area contributed by atoms with E-state index >= 15 is 0 Å². The minimum atomic E-state index is -3.91. The Kier molecular flexibility index (Phi) is 6.25. The average molecular weight is 317 g/mol. The van der Waals surface area contributed by atoms with E-state index in [1.807, 2.05) is 6.92 Å². The van der Waals surface area contributed by atoms with Crippen molar-refractivity contribution in [1.82, 2.24) is 10.0 Å². The second kappa shape index (κ2) is 7.48. The number of carbonyl (C=O) groups is 1. The van der Waals surface area contributed by atoms with Crippen molar-refractivity contribution in [2.75, 3.05) is 6.54 Å². The molecule has 21 heavy (non-hydrogen) atoms. The summed E-state index contributed by atoms with van der Waals surface area (Å²) in [5.41, 5.74) is 5.45. The molecule has 4 N–H and O–H groups in total. The van der Waals surface area contributed by atoms with Gasteiger partial charge in [0.1, 0.15) is 5.82 Å². The lowest BCUT2D eigenvalue weighted by atomic mass is 10.2. The SMILES string of the molecule is CCCNC(=O)C(C)NS(=O)(=O)c1ccc(F)c(CN)c1. The zero-order chi connectivity index (χ0) is 16.0. The van der Waals surface area contributed by atoms with Gasteiger partial charge in [-0.2, -0.15) is 4.72 Å². The van der Waals surface area contributed by atoms with Gasteiger partial charge in [0.05, 0.1) is 10.9 Å². The topological polar surface area (TPSA) is 101 Å². The molecule has 1 amide bonds. The van der Waals surface area contributed by atoms with Crippen LogP contribution in [-0.4, -0.2) is 26.9 Å². The Morgan fingerprint density at radius 2 is 2.10 bits per heavy atom. The van der Waals surface area contributed by atoms with Gasteiger partial charge in [-0.05, 0) is 31.5 Å². The molecule has 0 saturated heterocycles. The minimum absolute atomic E-state index is 0.0981. The maximum atomic E-state index is 13.3. The Morgan fingerprint density at radius 3 is 2.67 bits per heavy atom. The van der Waals surface area contributed by atoms with Gasteiger partial charge in [-0.3, -0.25) is 4.79 Å². The first-order valence-corrected chi connectivity index (χ1v) is 8.08. The molecule has 6 nitrogen and oxygen atoms in total. The van der Waals surface area contributed by atoms with Crippen LogP contribution >= 0.6 is 0 Å². The van der Waals surface area contributed by atoms with E-state index in [9.17, 15) is 17.6 Å². The Balaban J connectivity index is 2.89. The summed E-state index contributed by atoms with van der Waals surface area (Å²) < 4.78 is 39.9. The van der Waals surface area contributed by atoms with Gasteiger partial charge in [-0.25, -0.2) is 12.8 Å². The van der Waals surface area contributed by atoms with Crippen LogP contribution in [0.5, 0.6) is 0 Å². The molecule has 0 heterocycles. The quantitative estimate of drug-likeness (QED) is 0.680. The largest absolute Gasteiger partial charge is 0.355 e. The van der Waals surface area contributed by atoms with Crippen LogP contribution in [0.25, 0.3) is 0 Å². The molecule has 0 aliphatic carbocycles. The number of carbonyl (C=O) groups excluding carboxylic acids is 1. The highest BCUT2D eigenvalue weighted by atomic mass is 32.2. The zero-order valence-corrected chi connectivity index (χ0v) is 12.8. The third kappa shape index (κ3) is 4.76. The number of amides is 1. The Hall–Kier alpha value is -1.51. The van der Waals surface area contributed by atoms with Crippen molar-refractivity contribution < 1.29 is 17.6 Å². The fraction of sp³-hybridized carbons (Fsp3) is 0.462. The summed E-state index contributed by atoms with van der Waals surface area (Å²) in [6.07, 6.45) is 0.753. The first-order chi connectivity index (χ1) is 9.81. The molecule has 118 valence electrons. The van der Waals surface area contributed by atoms with Crippen molar-refractivity contribution in [2.45, 2.75) is 37.8 Å². The summed E-state index contributed by atoms with van der Waals surface area (Å²) in [6.45, 7) is 3.69. The van der Waals surface area contributed by atoms with Crippen LogP contribution < -0.4 is 15.8 Å². The molecule has 1 atom stereocenters.